The molecule has 2 aromatic heterocycles. The van der Waals surface area contributed by atoms with Gasteiger partial charge in [-0.15, -0.1) is 11.3 Å². The fraction of sp³-hybridized carbons (Fsp3) is 0.333. The summed E-state index contributed by atoms with van der Waals surface area (Å²) in [6.45, 7) is 3.40. The molecule has 2 heterocycles. The number of hydrogen-bond acceptors (Lipinski definition) is 5. The number of nitrogens with one attached hydrogen (secondary N) is 1. The summed E-state index contributed by atoms with van der Waals surface area (Å²) in [5, 5.41) is 5.28. The zero-order chi connectivity index (χ0) is 9.97. The maximum Gasteiger partial charge on any atom is 0.147 e. The fourth-order valence-electron chi connectivity index (χ4n) is 1.29. The average Bonchev–Trinajstić information content (AvgIpc) is 2.58. The molecule has 0 atom stereocenters. The van der Waals surface area contributed by atoms with Crippen LogP contribution in [0.5, 0.6) is 0 Å². The van der Waals surface area contributed by atoms with Gasteiger partial charge in [-0.3, -0.25) is 0 Å². The number of rotatable bonds is 3. The van der Waals surface area contributed by atoms with Gasteiger partial charge in [0.15, 0.2) is 0 Å². The Labute approximate surface area is 86.2 Å². The molecule has 5 heteroatoms. The molecule has 0 fully saturated rings. The first-order chi connectivity index (χ1) is 6.83. The molecule has 4 nitrogen and oxygen atoms in total. The van der Waals surface area contributed by atoms with E-state index in [4.69, 9.17) is 5.73 Å². The van der Waals surface area contributed by atoms with Crippen LogP contribution in [0.25, 0.3) is 10.2 Å². The Bertz CT molecular complexity index is 437. The van der Waals surface area contributed by atoms with Crippen molar-refractivity contribution < 1.29 is 0 Å². The first-order valence-corrected chi connectivity index (χ1v) is 5.33. The van der Waals surface area contributed by atoms with Gasteiger partial charge < -0.3 is 11.1 Å². The van der Waals surface area contributed by atoms with Crippen LogP contribution in [0.1, 0.15) is 5.56 Å². The molecule has 0 saturated carbocycles. The predicted octanol–water partition coefficient (Wildman–Crippen LogP) is 1.37. The normalized spacial score (nSPS) is 10.7. The summed E-state index contributed by atoms with van der Waals surface area (Å²) in [7, 11) is 0. The van der Waals surface area contributed by atoms with Gasteiger partial charge in [-0.25, -0.2) is 9.97 Å². The molecular formula is C9H12N4S. The Morgan fingerprint density at radius 3 is 3.14 bits per heavy atom. The van der Waals surface area contributed by atoms with E-state index < -0.39 is 0 Å². The minimum absolute atomic E-state index is 0.607. The van der Waals surface area contributed by atoms with Crippen LogP contribution in [0.4, 0.5) is 5.82 Å². The van der Waals surface area contributed by atoms with Crippen molar-refractivity contribution in [2.75, 3.05) is 18.4 Å². The molecular weight excluding hydrogens is 196 g/mol. The van der Waals surface area contributed by atoms with Crippen LogP contribution >= 0.6 is 11.3 Å². The molecule has 0 amide bonds. The minimum atomic E-state index is 0.607. The third-order valence-corrected chi connectivity index (χ3v) is 3.06. The van der Waals surface area contributed by atoms with Crippen LogP contribution in [-0.2, 0) is 0 Å². The number of aromatic nitrogens is 2. The molecule has 0 radical (unpaired) electrons. The SMILES string of the molecule is Cc1csc2c(NCCN)ncnc12. The van der Waals surface area contributed by atoms with Crippen LogP contribution in [0.15, 0.2) is 11.7 Å². The maximum absolute atomic E-state index is 5.42. The highest BCUT2D eigenvalue weighted by Gasteiger charge is 2.06. The van der Waals surface area contributed by atoms with Crippen molar-refractivity contribution in [3.8, 4) is 0 Å². The summed E-state index contributed by atoms with van der Waals surface area (Å²) in [4.78, 5) is 8.43. The van der Waals surface area contributed by atoms with E-state index in [1.54, 1.807) is 17.7 Å². The van der Waals surface area contributed by atoms with Gasteiger partial charge in [-0.2, -0.15) is 0 Å². The Kier molecular flexibility index (Phi) is 2.60. The summed E-state index contributed by atoms with van der Waals surface area (Å²) < 4.78 is 1.11. The first-order valence-electron chi connectivity index (χ1n) is 4.45. The van der Waals surface area contributed by atoms with Crippen LogP contribution in [0, 0.1) is 6.92 Å². The lowest BCUT2D eigenvalue weighted by Crippen LogP contribution is -2.13. The van der Waals surface area contributed by atoms with E-state index in [-0.39, 0.29) is 0 Å². The monoisotopic (exact) mass is 208 g/mol. The summed E-state index contributed by atoms with van der Waals surface area (Å²) in [5.74, 6) is 0.888. The predicted molar refractivity (Wildman–Crippen MR) is 59.7 cm³/mol. The second-order valence-electron chi connectivity index (χ2n) is 3.03. The zero-order valence-electron chi connectivity index (χ0n) is 7.95. The largest absolute Gasteiger partial charge is 0.368 e. The van der Waals surface area contributed by atoms with Gasteiger partial charge in [0, 0.05) is 13.1 Å². The molecule has 14 heavy (non-hydrogen) atoms. The number of fused-ring (bicyclic) bond motifs is 1. The average molecular weight is 208 g/mol. The molecule has 2 aromatic rings. The number of thiophene rings is 1. The standard InChI is InChI=1S/C9H12N4S/c1-6-4-14-8-7(6)12-5-13-9(8)11-3-2-10/h4-5H,2-3,10H2,1H3,(H,11,12,13). The van der Waals surface area contributed by atoms with Crippen molar-refractivity contribution in [2.24, 2.45) is 5.73 Å². The number of anilines is 1. The van der Waals surface area contributed by atoms with Gasteiger partial charge in [-0.05, 0) is 17.9 Å². The Hall–Kier alpha value is -1.20. The molecule has 0 saturated heterocycles. The molecule has 3 N–H and O–H groups in total. The van der Waals surface area contributed by atoms with Crippen LogP contribution < -0.4 is 11.1 Å². The van der Waals surface area contributed by atoms with E-state index >= 15 is 0 Å². The minimum Gasteiger partial charge on any atom is -0.368 e. The fourth-order valence-corrected chi connectivity index (χ4v) is 2.25. The molecule has 0 aliphatic heterocycles. The van der Waals surface area contributed by atoms with E-state index in [9.17, 15) is 0 Å². The van der Waals surface area contributed by atoms with Crippen LogP contribution in [0.3, 0.4) is 0 Å². The third kappa shape index (κ3) is 1.56. The van der Waals surface area contributed by atoms with E-state index in [2.05, 4.69) is 27.6 Å². The van der Waals surface area contributed by atoms with Gasteiger partial charge in [0.2, 0.25) is 0 Å². The van der Waals surface area contributed by atoms with Gasteiger partial charge in [-0.1, -0.05) is 0 Å². The van der Waals surface area contributed by atoms with Crippen molar-refractivity contribution in [1.29, 1.82) is 0 Å². The molecule has 0 aromatic carbocycles. The van der Waals surface area contributed by atoms with Gasteiger partial charge in [0.05, 0.1) is 10.2 Å². The molecule has 0 unspecified atom stereocenters. The lowest BCUT2D eigenvalue weighted by molar-refractivity contribution is 1.01. The van der Waals surface area contributed by atoms with Crippen LogP contribution in [0.2, 0.25) is 0 Å². The Balaban J connectivity index is 2.44. The van der Waals surface area contributed by atoms with E-state index in [1.807, 2.05) is 0 Å². The highest BCUT2D eigenvalue weighted by molar-refractivity contribution is 7.18. The maximum atomic E-state index is 5.42. The zero-order valence-corrected chi connectivity index (χ0v) is 8.77. The van der Waals surface area contributed by atoms with E-state index in [0.29, 0.717) is 6.54 Å². The summed E-state index contributed by atoms with van der Waals surface area (Å²) in [5.41, 5.74) is 7.65. The van der Waals surface area contributed by atoms with Crippen molar-refractivity contribution in [3.63, 3.8) is 0 Å². The second-order valence-corrected chi connectivity index (χ2v) is 3.91. The number of nitrogens with two attached hydrogens (primary N) is 1. The lowest BCUT2D eigenvalue weighted by atomic mass is 10.3. The number of aryl methyl sites for hydroxylation is 1. The number of nitrogens with zero attached hydrogens (tertiary/aromatic N) is 2. The van der Waals surface area contributed by atoms with E-state index in [0.717, 1.165) is 22.6 Å². The van der Waals surface area contributed by atoms with Crippen molar-refractivity contribution in [1.82, 2.24) is 9.97 Å². The van der Waals surface area contributed by atoms with Crippen molar-refractivity contribution in [2.45, 2.75) is 6.92 Å². The van der Waals surface area contributed by atoms with Gasteiger partial charge >= 0.3 is 0 Å². The Morgan fingerprint density at radius 1 is 1.50 bits per heavy atom. The van der Waals surface area contributed by atoms with Gasteiger partial charge in [0.1, 0.15) is 12.1 Å². The first kappa shape index (κ1) is 9.36. The quantitative estimate of drug-likeness (QED) is 0.799. The van der Waals surface area contributed by atoms with Crippen molar-refractivity contribution >= 4 is 27.4 Å². The third-order valence-electron chi connectivity index (χ3n) is 1.97. The molecule has 2 rings (SSSR count). The lowest BCUT2D eigenvalue weighted by Gasteiger charge is -2.03. The topological polar surface area (TPSA) is 63.8 Å². The highest BCUT2D eigenvalue weighted by atomic mass is 32.1. The highest BCUT2D eigenvalue weighted by Crippen LogP contribution is 2.27. The molecule has 0 bridgehead atoms. The summed E-state index contributed by atoms with van der Waals surface area (Å²) >= 11 is 1.66. The summed E-state index contributed by atoms with van der Waals surface area (Å²) in [6, 6.07) is 0. The van der Waals surface area contributed by atoms with Crippen molar-refractivity contribution in [3.05, 3.63) is 17.3 Å². The molecule has 74 valence electrons. The molecule has 0 aliphatic carbocycles. The van der Waals surface area contributed by atoms with Crippen LogP contribution in [-0.4, -0.2) is 23.1 Å². The second kappa shape index (κ2) is 3.89. The number of hydrogen-bond donors (Lipinski definition) is 2. The molecule has 0 aliphatic rings. The summed E-state index contributed by atoms with van der Waals surface area (Å²) in [6.07, 6.45) is 1.58. The van der Waals surface area contributed by atoms with E-state index in [1.165, 1.54) is 5.56 Å². The Morgan fingerprint density at radius 2 is 2.36 bits per heavy atom. The van der Waals surface area contributed by atoms with Gasteiger partial charge in [0.25, 0.3) is 0 Å². The smallest absolute Gasteiger partial charge is 0.147 e. The molecule has 0 spiro atoms.